The van der Waals surface area contributed by atoms with Crippen molar-refractivity contribution in [2.75, 3.05) is 22.9 Å². The van der Waals surface area contributed by atoms with Gasteiger partial charge in [-0.15, -0.1) is 0 Å². The summed E-state index contributed by atoms with van der Waals surface area (Å²) in [6, 6.07) is 27.0. The lowest BCUT2D eigenvalue weighted by molar-refractivity contribution is 0.299. The maximum Gasteiger partial charge on any atom is 0.136 e. The Morgan fingerprint density at radius 1 is 0.500 bits per heavy atom. The first kappa shape index (κ1) is 23.5. The molecule has 0 radical (unpaired) electrons. The van der Waals surface area contributed by atoms with Gasteiger partial charge in [0.25, 0.3) is 0 Å². The number of ether oxygens (including phenoxy) is 2. The fourth-order valence-corrected chi connectivity index (χ4v) is 5.35. The van der Waals surface area contributed by atoms with Crippen LogP contribution in [0, 0.1) is 0 Å². The van der Waals surface area contributed by atoms with Crippen LogP contribution in [0.4, 0.5) is 22.7 Å². The lowest BCUT2D eigenvalue weighted by atomic mass is 10.2. The van der Waals surface area contributed by atoms with Crippen molar-refractivity contribution in [1.82, 2.24) is 0 Å². The molecule has 0 bridgehead atoms. The Labute approximate surface area is 207 Å². The molecule has 8 N–H and O–H groups in total. The fraction of sp³-hybridized carbons (Fsp3) is 0.0769. The highest BCUT2D eigenvalue weighted by Gasteiger charge is 2.14. The molecule has 34 heavy (non-hydrogen) atoms. The summed E-state index contributed by atoms with van der Waals surface area (Å²) >= 11 is 0. The molecule has 0 saturated heterocycles. The van der Waals surface area contributed by atoms with E-state index in [0.29, 0.717) is 47.5 Å². The van der Waals surface area contributed by atoms with Crippen LogP contribution in [-0.4, -0.2) is 0 Å². The number of nitrogen functional groups attached to an aromatic ring is 4. The minimum absolute atomic E-state index is 0.419. The maximum atomic E-state index is 6.09. The van der Waals surface area contributed by atoms with Crippen molar-refractivity contribution in [3.05, 3.63) is 96.1 Å². The van der Waals surface area contributed by atoms with E-state index in [9.17, 15) is 0 Å². The van der Waals surface area contributed by atoms with Gasteiger partial charge in [-0.2, -0.15) is 0 Å². The SMILES string of the molecule is Nc1cc(OCc2ccccc2)c(SSc2cc(N)c(N)cc2OCc2ccccc2)cc1N. The zero-order valence-corrected chi connectivity index (χ0v) is 20.1. The quantitative estimate of drug-likeness (QED) is 0.167. The largest absolute Gasteiger partial charge is 0.488 e. The molecule has 4 rings (SSSR count). The van der Waals surface area contributed by atoms with Crippen molar-refractivity contribution in [3.8, 4) is 11.5 Å². The first-order chi connectivity index (χ1) is 16.5. The van der Waals surface area contributed by atoms with Crippen LogP contribution in [-0.2, 0) is 13.2 Å². The third kappa shape index (κ3) is 6.03. The molecule has 0 fully saturated rings. The van der Waals surface area contributed by atoms with Crippen molar-refractivity contribution >= 4 is 44.3 Å². The molecular weight excluding hydrogens is 464 g/mol. The number of rotatable bonds is 9. The number of hydrogen-bond acceptors (Lipinski definition) is 8. The molecule has 4 aromatic rings. The smallest absolute Gasteiger partial charge is 0.136 e. The van der Waals surface area contributed by atoms with Gasteiger partial charge in [0.15, 0.2) is 0 Å². The lowest BCUT2D eigenvalue weighted by Crippen LogP contribution is -2.01. The van der Waals surface area contributed by atoms with Crippen molar-refractivity contribution in [2.45, 2.75) is 23.0 Å². The summed E-state index contributed by atoms with van der Waals surface area (Å²) in [6.07, 6.45) is 0. The van der Waals surface area contributed by atoms with Gasteiger partial charge in [-0.25, -0.2) is 0 Å². The Balaban J connectivity index is 1.53. The monoisotopic (exact) mass is 490 g/mol. The predicted octanol–water partition coefficient (Wildman–Crippen LogP) is 5.97. The molecule has 0 amide bonds. The highest BCUT2D eigenvalue weighted by Crippen LogP contribution is 2.48. The van der Waals surface area contributed by atoms with E-state index in [0.717, 1.165) is 20.9 Å². The van der Waals surface area contributed by atoms with Crippen LogP contribution >= 0.6 is 21.6 Å². The van der Waals surface area contributed by atoms with E-state index in [1.54, 1.807) is 12.1 Å². The van der Waals surface area contributed by atoms with Crippen LogP contribution in [0.3, 0.4) is 0 Å². The minimum atomic E-state index is 0.419. The van der Waals surface area contributed by atoms with Crippen molar-refractivity contribution < 1.29 is 9.47 Å². The molecule has 0 aliphatic heterocycles. The van der Waals surface area contributed by atoms with E-state index >= 15 is 0 Å². The second-order valence-corrected chi connectivity index (χ2v) is 9.78. The van der Waals surface area contributed by atoms with E-state index in [1.165, 1.54) is 21.6 Å². The minimum Gasteiger partial charge on any atom is -0.488 e. The summed E-state index contributed by atoms with van der Waals surface area (Å²) in [4.78, 5) is 1.69. The van der Waals surface area contributed by atoms with Gasteiger partial charge in [-0.05, 0) is 44.8 Å². The Morgan fingerprint density at radius 3 is 1.24 bits per heavy atom. The van der Waals surface area contributed by atoms with Gasteiger partial charge in [0.1, 0.15) is 24.7 Å². The Morgan fingerprint density at radius 2 is 0.853 bits per heavy atom. The average Bonchev–Trinajstić information content (AvgIpc) is 2.85. The van der Waals surface area contributed by atoms with Crippen molar-refractivity contribution in [1.29, 1.82) is 0 Å². The van der Waals surface area contributed by atoms with Gasteiger partial charge < -0.3 is 32.4 Å². The second kappa shape index (κ2) is 11.0. The van der Waals surface area contributed by atoms with Gasteiger partial charge in [0.2, 0.25) is 0 Å². The van der Waals surface area contributed by atoms with E-state index in [2.05, 4.69) is 0 Å². The second-order valence-electron chi connectivity index (χ2n) is 7.57. The van der Waals surface area contributed by atoms with Gasteiger partial charge in [-0.1, -0.05) is 60.7 Å². The van der Waals surface area contributed by atoms with Crippen LogP contribution in [0.2, 0.25) is 0 Å². The van der Waals surface area contributed by atoms with Crippen LogP contribution in [0.1, 0.15) is 11.1 Å². The molecule has 0 heterocycles. The first-order valence-corrected chi connectivity index (χ1v) is 12.7. The molecule has 8 heteroatoms. The van der Waals surface area contributed by atoms with Crippen LogP contribution in [0.25, 0.3) is 0 Å². The Kier molecular flexibility index (Phi) is 7.61. The molecule has 0 saturated carbocycles. The van der Waals surface area contributed by atoms with E-state index in [-0.39, 0.29) is 0 Å². The molecule has 6 nitrogen and oxygen atoms in total. The van der Waals surface area contributed by atoms with E-state index < -0.39 is 0 Å². The van der Waals surface area contributed by atoms with Crippen LogP contribution < -0.4 is 32.4 Å². The van der Waals surface area contributed by atoms with Crippen molar-refractivity contribution in [2.24, 2.45) is 0 Å². The zero-order valence-electron chi connectivity index (χ0n) is 18.4. The third-order valence-corrected chi connectivity index (χ3v) is 7.40. The summed E-state index contributed by atoms with van der Waals surface area (Å²) in [5, 5.41) is 0. The molecule has 174 valence electrons. The summed E-state index contributed by atoms with van der Waals surface area (Å²) in [7, 11) is 2.98. The first-order valence-electron chi connectivity index (χ1n) is 10.6. The maximum absolute atomic E-state index is 6.09. The van der Waals surface area contributed by atoms with Crippen LogP contribution in [0.15, 0.2) is 94.7 Å². The molecule has 0 aromatic heterocycles. The molecule has 0 aliphatic rings. The highest BCUT2D eigenvalue weighted by molar-refractivity contribution is 8.76. The molecular formula is C26H26N4O2S2. The number of anilines is 4. The topological polar surface area (TPSA) is 123 Å². The molecule has 0 atom stereocenters. The summed E-state index contributed by atoms with van der Waals surface area (Å²) in [5.41, 5.74) is 28.3. The summed E-state index contributed by atoms with van der Waals surface area (Å²) < 4.78 is 12.2. The third-order valence-electron chi connectivity index (χ3n) is 4.99. The number of nitrogens with two attached hydrogens (primary N) is 4. The Bertz CT molecular complexity index is 1160. The van der Waals surface area contributed by atoms with Gasteiger partial charge in [0, 0.05) is 12.1 Å². The van der Waals surface area contributed by atoms with E-state index in [1.807, 2.05) is 72.8 Å². The zero-order chi connectivity index (χ0) is 23.9. The van der Waals surface area contributed by atoms with Gasteiger partial charge in [0.05, 0.1) is 32.5 Å². The molecule has 0 unspecified atom stereocenters. The van der Waals surface area contributed by atoms with Crippen molar-refractivity contribution in [3.63, 3.8) is 0 Å². The molecule has 0 aliphatic carbocycles. The summed E-state index contributed by atoms with van der Waals surface area (Å²) in [6.45, 7) is 0.839. The normalized spacial score (nSPS) is 10.7. The van der Waals surface area contributed by atoms with E-state index in [4.69, 9.17) is 32.4 Å². The molecule has 0 spiro atoms. The summed E-state index contributed by atoms with van der Waals surface area (Å²) in [5.74, 6) is 1.31. The molecule has 4 aromatic carbocycles. The number of benzene rings is 4. The standard InChI is InChI=1S/C26H26N4O2S2/c27-19-11-23(31-15-17-7-3-1-4-8-17)25(13-21(19)29)33-34-26-14-22(30)20(28)12-24(26)32-16-18-9-5-2-6-10-18/h1-14H,15-16,27-30H2. The lowest BCUT2D eigenvalue weighted by Gasteiger charge is -2.16. The van der Waals surface area contributed by atoms with Gasteiger partial charge in [-0.3, -0.25) is 0 Å². The fourth-order valence-electron chi connectivity index (χ4n) is 3.10. The Hall–Kier alpha value is -3.62. The van der Waals surface area contributed by atoms with Crippen LogP contribution in [0.5, 0.6) is 11.5 Å². The van der Waals surface area contributed by atoms with Gasteiger partial charge >= 0.3 is 0 Å². The predicted molar refractivity (Wildman–Crippen MR) is 144 cm³/mol. The highest BCUT2D eigenvalue weighted by atomic mass is 33.1. The average molecular weight is 491 g/mol. The number of hydrogen-bond donors (Lipinski definition) is 4.